The molecule has 182 valence electrons. The Kier molecular flexibility index (Phi) is 4.79. The third kappa shape index (κ3) is 3.50. The molecule has 0 saturated carbocycles. The average Bonchev–Trinajstić information content (AvgIpc) is 3.33. The number of benzene rings is 5. The quantitative estimate of drug-likeness (QED) is 0.245. The maximum Gasteiger partial charge on any atom is 0.235 e. The molecule has 0 fully saturated rings. The van der Waals surface area contributed by atoms with Crippen LogP contribution in [0.3, 0.4) is 0 Å². The van der Waals surface area contributed by atoms with Gasteiger partial charge in [0.2, 0.25) is 5.95 Å². The van der Waals surface area contributed by atoms with Gasteiger partial charge in [-0.1, -0.05) is 91.0 Å². The predicted molar refractivity (Wildman–Crippen MR) is 160 cm³/mol. The van der Waals surface area contributed by atoms with E-state index < -0.39 is 0 Å². The number of fused-ring (bicyclic) bond motifs is 5. The highest BCUT2D eigenvalue weighted by molar-refractivity contribution is 6.13. The average molecular weight is 499 g/mol. The summed E-state index contributed by atoms with van der Waals surface area (Å²) in [6.07, 6.45) is 1.82. The first kappa shape index (κ1) is 21.7. The van der Waals surface area contributed by atoms with Crippen LogP contribution in [0.4, 0.5) is 0 Å². The smallest absolute Gasteiger partial charge is 0.235 e. The van der Waals surface area contributed by atoms with Crippen molar-refractivity contribution < 1.29 is 0 Å². The summed E-state index contributed by atoms with van der Waals surface area (Å²) < 4.78 is 2.20. The standard InChI is InChI=1S/C35H22N4/c1-2-10-26-22-33-29(21-25(26)9-1)27-11-4-6-15-32(27)39(33)35-37-31-14-5-3-12-28(31)34(38-35)24-18-16-23(17-19-24)30-13-7-8-20-36-30/h1-22H. The Morgan fingerprint density at radius 3 is 2.00 bits per heavy atom. The lowest BCUT2D eigenvalue weighted by Crippen LogP contribution is -2.03. The fourth-order valence-corrected chi connectivity index (χ4v) is 5.59. The van der Waals surface area contributed by atoms with Gasteiger partial charge in [0.1, 0.15) is 0 Å². The Balaban J connectivity index is 1.39. The zero-order chi connectivity index (χ0) is 25.8. The van der Waals surface area contributed by atoms with Crippen LogP contribution in [-0.4, -0.2) is 19.5 Å². The van der Waals surface area contributed by atoms with E-state index in [-0.39, 0.29) is 0 Å². The molecule has 0 aliphatic heterocycles. The molecule has 0 radical (unpaired) electrons. The molecule has 8 aromatic rings. The summed E-state index contributed by atoms with van der Waals surface area (Å²) in [7, 11) is 0. The number of hydrogen-bond acceptors (Lipinski definition) is 3. The number of hydrogen-bond donors (Lipinski definition) is 0. The van der Waals surface area contributed by atoms with E-state index in [2.05, 4.69) is 107 Å². The van der Waals surface area contributed by atoms with Gasteiger partial charge in [-0.2, -0.15) is 0 Å². The van der Waals surface area contributed by atoms with Crippen molar-refractivity contribution in [2.45, 2.75) is 0 Å². The molecule has 8 rings (SSSR count). The Labute approximate surface area is 224 Å². The second-order valence-electron chi connectivity index (χ2n) is 9.75. The van der Waals surface area contributed by atoms with Crippen LogP contribution in [0.25, 0.3) is 71.9 Å². The summed E-state index contributed by atoms with van der Waals surface area (Å²) in [5.41, 5.74) is 7.09. The maximum atomic E-state index is 5.23. The number of para-hydroxylation sites is 2. The van der Waals surface area contributed by atoms with Gasteiger partial charge in [-0.25, -0.2) is 9.97 Å². The van der Waals surface area contributed by atoms with Gasteiger partial charge in [0.25, 0.3) is 0 Å². The van der Waals surface area contributed by atoms with E-state index in [4.69, 9.17) is 9.97 Å². The van der Waals surface area contributed by atoms with Crippen LogP contribution in [0.2, 0.25) is 0 Å². The first-order valence-electron chi connectivity index (χ1n) is 13.0. The maximum absolute atomic E-state index is 5.23. The zero-order valence-corrected chi connectivity index (χ0v) is 21.0. The van der Waals surface area contributed by atoms with Crippen LogP contribution < -0.4 is 0 Å². The lowest BCUT2D eigenvalue weighted by molar-refractivity contribution is 1.01. The van der Waals surface area contributed by atoms with Crippen LogP contribution in [0.1, 0.15) is 0 Å². The van der Waals surface area contributed by atoms with Crippen molar-refractivity contribution in [3.05, 3.63) is 134 Å². The van der Waals surface area contributed by atoms with Gasteiger partial charge in [0.05, 0.1) is 27.9 Å². The molecule has 0 aliphatic rings. The van der Waals surface area contributed by atoms with Crippen LogP contribution in [0, 0.1) is 0 Å². The largest absolute Gasteiger partial charge is 0.278 e. The molecule has 4 nitrogen and oxygen atoms in total. The van der Waals surface area contributed by atoms with Crippen LogP contribution in [-0.2, 0) is 0 Å². The van der Waals surface area contributed by atoms with Crippen molar-refractivity contribution >= 4 is 43.5 Å². The topological polar surface area (TPSA) is 43.6 Å². The van der Waals surface area contributed by atoms with E-state index in [0.717, 1.165) is 44.5 Å². The van der Waals surface area contributed by atoms with Crippen molar-refractivity contribution in [3.8, 4) is 28.5 Å². The molecule has 0 aliphatic carbocycles. The van der Waals surface area contributed by atoms with E-state index in [9.17, 15) is 0 Å². The van der Waals surface area contributed by atoms with E-state index in [1.807, 2.05) is 36.5 Å². The molecular weight excluding hydrogens is 476 g/mol. The van der Waals surface area contributed by atoms with E-state index >= 15 is 0 Å². The highest BCUT2D eigenvalue weighted by Crippen LogP contribution is 2.36. The predicted octanol–water partition coefficient (Wildman–Crippen LogP) is 8.61. The van der Waals surface area contributed by atoms with Gasteiger partial charge in [-0.3, -0.25) is 9.55 Å². The minimum absolute atomic E-state index is 0.666. The SMILES string of the molecule is c1ccc(-c2ccc(-c3nc(-n4c5ccccc5c5cc6ccccc6cc54)nc4ccccc34)cc2)nc1. The second kappa shape index (κ2) is 8.61. The Hall–Kier alpha value is -5.35. The van der Waals surface area contributed by atoms with Crippen molar-refractivity contribution in [2.24, 2.45) is 0 Å². The first-order valence-corrected chi connectivity index (χ1v) is 13.0. The van der Waals surface area contributed by atoms with Gasteiger partial charge in [-0.15, -0.1) is 0 Å². The summed E-state index contributed by atoms with van der Waals surface area (Å²) in [5, 5.41) is 5.83. The molecule has 0 spiro atoms. The van der Waals surface area contributed by atoms with E-state index in [1.165, 1.54) is 21.5 Å². The van der Waals surface area contributed by atoms with E-state index in [0.29, 0.717) is 5.95 Å². The molecule has 4 heteroatoms. The molecule has 0 amide bonds. The fraction of sp³-hybridized carbons (Fsp3) is 0. The molecule has 3 heterocycles. The van der Waals surface area contributed by atoms with Crippen LogP contribution in [0.5, 0.6) is 0 Å². The zero-order valence-electron chi connectivity index (χ0n) is 21.0. The molecule has 0 saturated heterocycles. The van der Waals surface area contributed by atoms with Gasteiger partial charge in [-0.05, 0) is 47.2 Å². The lowest BCUT2D eigenvalue weighted by atomic mass is 10.0. The van der Waals surface area contributed by atoms with Gasteiger partial charge >= 0.3 is 0 Å². The fourth-order valence-electron chi connectivity index (χ4n) is 5.59. The van der Waals surface area contributed by atoms with Crippen molar-refractivity contribution in [1.82, 2.24) is 19.5 Å². The van der Waals surface area contributed by atoms with Crippen LogP contribution in [0.15, 0.2) is 134 Å². The monoisotopic (exact) mass is 498 g/mol. The molecule has 0 unspecified atom stereocenters. The highest BCUT2D eigenvalue weighted by atomic mass is 15.2. The third-order valence-electron chi connectivity index (χ3n) is 7.45. The molecule has 39 heavy (non-hydrogen) atoms. The summed E-state index contributed by atoms with van der Waals surface area (Å²) in [5.74, 6) is 0.666. The summed E-state index contributed by atoms with van der Waals surface area (Å²) in [4.78, 5) is 14.8. The number of rotatable bonds is 3. The van der Waals surface area contributed by atoms with E-state index in [1.54, 1.807) is 0 Å². The highest BCUT2D eigenvalue weighted by Gasteiger charge is 2.17. The molecule has 0 N–H and O–H groups in total. The first-order chi connectivity index (χ1) is 19.3. The summed E-state index contributed by atoms with van der Waals surface area (Å²) in [6.45, 7) is 0. The number of nitrogens with zero attached hydrogens (tertiary/aromatic N) is 4. The molecule has 3 aromatic heterocycles. The number of pyridine rings is 1. The molecular formula is C35H22N4. The third-order valence-corrected chi connectivity index (χ3v) is 7.45. The minimum atomic E-state index is 0.666. The van der Waals surface area contributed by atoms with Gasteiger partial charge < -0.3 is 0 Å². The van der Waals surface area contributed by atoms with Crippen molar-refractivity contribution in [1.29, 1.82) is 0 Å². The summed E-state index contributed by atoms with van der Waals surface area (Å²) in [6, 6.07) is 44.2. The van der Waals surface area contributed by atoms with Gasteiger partial charge in [0, 0.05) is 33.5 Å². The second-order valence-corrected chi connectivity index (χ2v) is 9.75. The molecule has 0 bridgehead atoms. The van der Waals surface area contributed by atoms with Crippen LogP contribution >= 0.6 is 0 Å². The minimum Gasteiger partial charge on any atom is -0.278 e. The van der Waals surface area contributed by atoms with Crippen molar-refractivity contribution in [3.63, 3.8) is 0 Å². The molecule has 5 aromatic carbocycles. The number of aromatic nitrogens is 4. The van der Waals surface area contributed by atoms with Crippen molar-refractivity contribution in [2.75, 3.05) is 0 Å². The summed E-state index contributed by atoms with van der Waals surface area (Å²) >= 11 is 0. The Bertz CT molecular complexity index is 2160. The molecule has 0 atom stereocenters. The van der Waals surface area contributed by atoms with Gasteiger partial charge in [0.15, 0.2) is 0 Å². The lowest BCUT2D eigenvalue weighted by Gasteiger charge is -2.12. The Morgan fingerprint density at radius 2 is 1.18 bits per heavy atom. The Morgan fingerprint density at radius 1 is 0.487 bits per heavy atom. The normalized spacial score (nSPS) is 11.6.